The van der Waals surface area contributed by atoms with Gasteiger partial charge in [-0.15, -0.1) is 0 Å². The number of ether oxygens (including phenoxy) is 1. The largest absolute Gasteiger partial charge is 0.419 e. The molecule has 0 amide bonds. The van der Waals surface area contributed by atoms with Crippen molar-refractivity contribution < 1.29 is 9.15 Å². The number of hydrogen-bond acceptors (Lipinski definition) is 5. The summed E-state index contributed by atoms with van der Waals surface area (Å²) < 4.78 is 10.9. The minimum Gasteiger partial charge on any atom is -0.419 e. The molecule has 0 aliphatic rings. The van der Waals surface area contributed by atoms with Crippen molar-refractivity contribution in [3.63, 3.8) is 0 Å². The van der Waals surface area contributed by atoms with E-state index in [4.69, 9.17) is 14.4 Å². The Morgan fingerprint density at radius 2 is 2.15 bits per heavy atom. The number of oxazole rings is 1. The van der Waals surface area contributed by atoms with Gasteiger partial charge in [0.15, 0.2) is 0 Å². The molecule has 5 nitrogen and oxygen atoms in total. The molecule has 0 saturated heterocycles. The average Bonchev–Trinajstić information content (AvgIpc) is 2.91. The van der Waals surface area contributed by atoms with Gasteiger partial charge in [0.2, 0.25) is 17.5 Å². The number of anilines is 1. The van der Waals surface area contributed by atoms with Crippen LogP contribution >= 0.6 is 0 Å². The normalized spacial score (nSPS) is 10.2. The zero-order valence-corrected chi connectivity index (χ0v) is 11.4. The van der Waals surface area contributed by atoms with Gasteiger partial charge in [-0.3, -0.25) is 0 Å². The molecule has 0 aliphatic carbocycles. The number of hydrogen-bond donors (Lipinski definition) is 1. The molecule has 0 unspecified atom stereocenters. The third kappa shape index (κ3) is 3.59. The molecule has 0 radical (unpaired) electrons. The van der Waals surface area contributed by atoms with Crippen LogP contribution < -0.4 is 5.32 Å². The van der Waals surface area contributed by atoms with Crippen molar-refractivity contribution in [1.29, 1.82) is 5.26 Å². The molecule has 0 saturated carbocycles. The number of nitriles is 1. The summed E-state index contributed by atoms with van der Waals surface area (Å²) in [4.78, 5) is 4.19. The van der Waals surface area contributed by atoms with Crippen molar-refractivity contribution in [1.82, 2.24) is 4.98 Å². The fourth-order valence-corrected chi connectivity index (χ4v) is 1.74. The summed E-state index contributed by atoms with van der Waals surface area (Å²) in [5.74, 6) is 0.873. The zero-order valence-electron chi connectivity index (χ0n) is 11.4. The fourth-order valence-electron chi connectivity index (χ4n) is 1.74. The number of benzene rings is 1. The molecule has 0 spiro atoms. The Kier molecular flexibility index (Phi) is 5.15. The van der Waals surface area contributed by atoms with E-state index in [1.807, 2.05) is 43.3 Å². The molecule has 0 fully saturated rings. The van der Waals surface area contributed by atoms with Crippen LogP contribution in [0.25, 0.3) is 11.5 Å². The summed E-state index contributed by atoms with van der Waals surface area (Å²) in [5.41, 5.74) is 1.13. The smallest absolute Gasteiger partial charge is 0.232 e. The van der Waals surface area contributed by atoms with Crippen LogP contribution in [0, 0.1) is 11.3 Å². The Hall–Kier alpha value is -2.32. The number of aromatic nitrogens is 1. The lowest BCUT2D eigenvalue weighted by Crippen LogP contribution is -2.05. The second-order valence-electron chi connectivity index (χ2n) is 4.15. The summed E-state index contributed by atoms with van der Waals surface area (Å²) in [5, 5.41) is 12.2. The van der Waals surface area contributed by atoms with E-state index < -0.39 is 0 Å². The topological polar surface area (TPSA) is 71.1 Å². The van der Waals surface area contributed by atoms with Crippen molar-refractivity contribution in [3.8, 4) is 17.5 Å². The van der Waals surface area contributed by atoms with Gasteiger partial charge in [0, 0.05) is 25.3 Å². The van der Waals surface area contributed by atoms with Gasteiger partial charge >= 0.3 is 0 Å². The zero-order chi connectivity index (χ0) is 14.2. The summed E-state index contributed by atoms with van der Waals surface area (Å²) in [6.07, 6.45) is 0.847. The summed E-state index contributed by atoms with van der Waals surface area (Å²) >= 11 is 0. The van der Waals surface area contributed by atoms with Gasteiger partial charge in [-0.25, -0.2) is 0 Å². The van der Waals surface area contributed by atoms with E-state index in [-0.39, 0.29) is 5.69 Å². The first-order chi connectivity index (χ1) is 9.85. The second-order valence-corrected chi connectivity index (χ2v) is 4.15. The maximum absolute atomic E-state index is 9.08. The third-order valence-corrected chi connectivity index (χ3v) is 2.71. The van der Waals surface area contributed by atoms with Crippen LogP contribution in [0.5, 0.6) is 0 Å². The van der Waals surface area contributed by atoms with Crippen molar-refractivity contribution in [2.75, 3.05) is 25.1 Å². The molecule has 104 valence electrons. The minimum atomic E-state index is 0.278. The highest BCUT2D eigenvalue weighted by molar-refractivity contribution is 5.58. The van der Waals surface area contributed by atoms with Crippen LogP contribution in [-0.2, 0) is 4.74 Å². The molecule has 20 heavy (non-hydrogen) atoms. The van der Waals surface area contributed by atoms with Crippen molar-refractivity contribution in [2.45, 2.75) is 13.3 Å². The predicted molar refractivity (Wildman–Crippen MR) is 76.3 cm³/mol. The highest BCUT2D eigenvalue weighted by Crippen LogP contribution is 2.24. The number of nitrogens with zero attached hydrogens (tertiary/aromatic N) is 2. The molecule has 0 bridgehead atoms. The molecule has 1 aromatic carbocycles. The predicted octanol–water partition coefficient (Wildman–Crippen LogP) is 3.05. The van der Waals surface area contributed by atoms with Gasteiger partial charge in [-0.05, 0) is 25.5 Å². The molecule has 5 heteroatoms. The third-order valence-electron chi connectivity index (χ3n) is 2.71. The van der Waals surface area contributed by atoms with Gasteiger partial charge in [0.25, 0.3) is 0 Å². The molecule has 1 heterocycles. The standard InChI is InChI=1S/C15H17N3O2/c1-2-19-10-6-9-17-15-13(11-16)18-14(20-15)12-7-4-3-5-8-12/h3-5,7-8,17H,2,6,9-10H2,1H3. The van der Waals surface area contributed by atoms with E-state index in [1.54, 1.807) is 0 Å². The quantitative estimate of drug-likeness (QED) is 0.784. The second kappa shape index (κ2) is 7.31. The maximum Gasteiger partial charge on any atom is 0.232 e. The Labute approximate surface area is 118 Å². The lowest BCUT2D eigenvalue weighted by atomic mass is 10.2. The lowest BCUT2D eigenvalue weighted by Gasteiger charge is -2.02. The number of nitrogens with one attached hydrogen (secondary N) is 1. The Morgan fingerprint density at radius 3 is 2.85 bits per heavy atom. The van der Waals surface area contributed by atoms with Gasteiger partial charge in [0.1, 0.15) is 6.07 Å². The molecular formula is C15H17N3O2. The van der Waals surface area contributed by atoms with Crippen molar-refractivity contribution in [2.24, 2.45) is 0 Å². The van der Waals surface area contributed by atoms with E-state index >= 15 is 0 Å². The van der Waals surface area contributed by atoms with Crippen molar-refractivity contribution >= 4 is 5.88 Å². The summed E-state index contributed by atoms with van der Waals surface area (Å²) in [7, 11) is 0. The van der Waals surface area contributed by atoms with Gasteiger partial charge in [-0.2, -0.15) is 10.2 Å². The Morgan fingerprint density at radius 1 is 1.35 bits per heavy atom. The highest BCUT2D eigenvalue weighted by Gasteiger charge is 2.13. The van der Waals surface area contributed by atoms with Gasteiger partial charge in [0.05, 0.1) is 0 Å². The molecule has 2 rings (SSSR count). The monoisotopic (exact) mass is 271 g/mol. The molecule has 0 aliphatic heterocycles. The molecule has 2 aromatic rings. The lowest BCUT2D eigenvalue weighted by molar-refractivity contribution is 0.147. The Bertz CT molecular complexity index is 573. The first kappa shape index (κ1) is 14.1. The van der Waals surface area contributed by atoms with E-state index in [9.17, 15) is 0 Å². The summed E-state index contributed by atoms with van der Waals surface area (Å²) in [6, 6.07) is 11.6. The van der Waals surface area contributed by atoms with Crippen LogP contribution in [0.15, 0.2) is 34.7 Å². The number of rotatable bonds is 7. The average molecular weight is 271 g/mol. The fraction of sp³-hybridized carbons (Fsp3) is 0.333. The van der Waals surface area contributed by atoms with Gasteiger partial charge < -0.3 is 14.5 Å². The van der Waals surface area contributed by atoms with E-state index in [1.165, 1.54) is 0 Å². The van der Waals surface area contributed by atoms with E-state index in [0.717, 1.165) is 12.0 Å². The van der Waals surface area contributed by atoms with Crippen molar-refractivity contribution in [3.05, 3.63) is 36.0 Å². The van der Waals surface area contributed by atoms with Crippen LogP contribution in [0.2, 0.25) is 0 Å². The van der Waals surface area contributed by atoms with E-state index in [2.05, 4.69) is 10.3 Å². The van der Waals surface area contributed by atoms with Crippen LogP contribution in [-0.4, -0.2) is 24.7 Å². The minimum absolute atomic E-state index is 0.278. The molecule has 0 atom stereocenters. The molecular weight excluding hydrogens is 254 g/mol. The maximum atomic E-state index is 9.08. The van der Waals surface area contributed by atoms with E-state index in [0.29, 0.717) is 31.5 Å². The van der Waals surface area contributed by atoms with Crippen LogP contribution in [0.3, 0.4) is 0 Å². The first-order valence-electron chi connectivity index (χ1n) is 6.63. The summed E-state index contributed by atoms with van der Waals surface area (Å²) in [6.45, 7) is 4.04. The molecule has 1 N–H and O–H groups in total. The van der Waals surface area contributed by atoms with Crippen LogP contribution in [0.1, 0.15) is 19.0 Å². The van der Waals surface area contributed by atoms with Crippen LogP contribution in [0.4, 0.5) is 5.88 Å². The highest BCUT2D eigenvalue weighted by atomic mass is 16.5. The molecule has 1 aromatic heterocycles. The SMILES string of the molecule is CCOCCCNc1oc(-c2ccccc2)nc1C#N. The Balaban J connectivity index is 2.03. The first-order valence-corrected chi connectivity index (χ1v) is 6.63. The van der Waals surface area contributed by atoms with Gasteiger partial charge in [-0.1, -0.05) is 18.2 Å².